The van der Waals surface area contributed by atoms with Crippen molar-refractivity contribution in [3.8, 4) is 5.75 Å². The molecule has 5 rings (SSSR count). The van der Waals surface area contributed by atoms with Gasteiger partial charge in [-0.2, -0.15) is 0 Å². The maximum atomic E-state index is 15.3. The molecule has 10 heteroatoms. The van der Waals surface area contributed by atoms with Crippen LogP contribution in [0.1, 0.15) is 32.1 Å². The molecule has 1 aliphatic heterocycles. The monoisotopic (exact) mass is 459 g/mol. The first kappa shape index (κ1) is 21.9. The normalized spacial score (nSPS) is 29.8. The number of halogens is 5. The van der Waals surface area contributed by atoms with Gasteiger partial charge in [-0.1, -0.05) is 11.6 Å². The topological polar surface area (TPSA) is 53.9 Å². The van der Waals surface area contributed by atoms with Gasteiger partial charge in [-0.15, -0.1) is 0 Å². The fourth-order valence-electron chi connectivity index (χ4n) is 4.81. The van der Waals surface area contributed by atoms with E-state index in [4.69, 9.17) is 16.3 Å². The van der Waals surface area contributed by atoms with Crippen molar-refractivity contribution in [2.45, 2.75) is 55.8 Å². The van der Waals surface area contributed by atoms with E-state index in [1.54, 1.807) is 4.90 Å². The van der Waals surface area contributed by atoms with Crippen molar-refractivity contribution in [2.24, 2.45) is 4.99 Å². The zero-order valence-corrected chi connectivity index (χ0v) is 17.3. The number of hydrogen-bond acceptors (Lipinski definition) is 4. The summed E-state index contributed by atoms with van der Waals surface area (Å²) in [4.78, 5) is 17.8. The first-order valence-corrected chi connectivity index (χ1v) is 10.4. The Morgan fingerprint density at radius 3 is 2.71 bits per heavy atom. The van der Waals surface area contributed by atoms with Crippen LogP contribution in [0.3, 0.4) is 0 Å². The third kappa shape index (κ3) is 4.24. The first-order chi connectivity index (χ1) is 14.7. The number of aliphatic imine (C=N–C) groups is 1. The summed E-state index contributed by atoms with van der Waals surface area (Å²) in [5.74, 6) is -0.916. The van der Waals surface area contributed by atoms with Gasteiger partial charge in [0.2, 0.25) is 0 Å². The van der Waals surface area contributed by atoms with Crippen LogP contribution < -0.4 is 10.1 Å². The minimum atomic E-state index is -2.71. The summed E-state index contributed by atoms with van der Waals surface area (Å²) in [5, 5.41) is 2.84. The highest BCUT2D eigenvalue weighted by Gasteiger charge is 2.57. The molecule has 0 spiro atoms. The maximum Gasteiger partial charge on any atom is 0.281 e. The largest absolute Gasteiger partial charge is 0.484 e. The molecular formula is C21H22ClF4N3O2. The molecule has 1 atom stereocenters. The SMILES string of the molecule is O=C(COc1ccc(Cl)c(F)c1)NC12CCC(N3C=C(C(F)F)N=CC3)(CC1)C(F)C2. The number of benzene rings is 1. The number of carbonyl (C=O) groups excluding carboxylic acids is 1. The van der Waals surface area contributed by atoms with Crippen LogP contribution in [0.4, 0.5) is 17.6 Å². The Hall–Kier alpha value is -2.29. The molecule has 4 aliphatic rings. The van der Waals surface area contributed by atoms with Gasteiger partial charge in [-0.05, 0) is 37.8 Å². The molecule has 1 heterocycles. The molecule has 31 heavy (non-hydrogen) atoms. The summed E-state index contributed by atoms with van der Waals surface area (Å²) in [6, 6.07) is 3.87. The zero-order chi connectivity index (χ0) is 22.2. The number of amides is 1. The number of hydrogen-bond donors (Lipinski definition) is 1. The van der Waals surface area contributed by atoms with Gasteiger partial charge in [0.25, 0.3) is 12.3 Å². The fourth-order valence-corrected chi connectivity index (χ4v) is 4.92. The number of nitrogens with one attached hydrogen (secondary N) is 1. The van der Waals surface area contributed by atoms with Crippen LogP contribution in [-0.4, -0.2) is 53.8 Å². The van der Waals surface area contributed by atoms with Gasteiger partial charge in [0.1, 0.15) is 23.4 Å². The smallest absolute Gasteiger partial charge is 0.281 e. The molecule has 1 aromatic carbocycles. The van der Waals surface area contributed by atoms with Crippen LogP contribution in [-0.2, 0) is 4.79 Å². The van der Waals surface area contributed by atoms with Gasteiger partial charge < -0.3 is 15.0 Å². The highest BCUT2D eigenvalue weighted by Crippen LogP contribution is 2.51. The van der Waals surface area contributed by atoms with Crippen molar-refractivity contribution >= 4 is 23.7 Å². The first-order valence-electron chi connectivity index (χ1n) is 10.1. The highest BCUT2D eigenvalue weighted by atomic mass is 35.5. The molecule has 0 saturated heterocycles. The standard InChI is InChI=1S/C21H22ClF4N3O2/c22-14-2-1-13(9-15(14)23)31-12-18(30)28-20-3-5-21(6-4-20,17(24)10-20)29-8-7-27-16(11-29)19(25)26/h1-2,7,9,11,17,19H,3-6,8,10,12H2,(H,28,30). The maximum absolute atomic E-state index is 15.3. The Labute approximate surface area is 182 Å². The third-order valence-electron chi connectivity index (χ3n) is 6.49. The van der Waals surface area contributed by atoms with Crippen LogP contribution >= 0.6 is 11.6 Å². The van der Waals surface area contributed by atoms with E-state index in [0.717, 1.165) is 6.07 Å². The van der Waals surface area contributed by atoms with E-state index in [0.29, 0.717) is 25.7 Å². The Balaban J connectivity index is 1.38. The van der Waals surface area contributed by atoms with E-state index in [-0.39, 0.29) is 36.0 Å². The Morgan fingerprint density at radius 1 is 1.32 bits per heavy atom. The molecule has 5 nitrogen and oxygen atoms in total. The Bertz CT molecular complexity index is 916. The average molecular weight is 460 g/mol. The van der Waals surface area contributed by atoms with Gasteiger partial charge in [-0.3, -0.25) is 9.79 Å². The number of carbonyl (C=O) groups is 1. The lowest BCUT2D eigenvalue weighted by atomic mass is 9.59. The summed E-state index contributed by atoms with van der Waals surface area (Å²) in [5.41, 5.74) is -1.93. The van der Waals surface area contributed by atoms with Crippen molar-refractivity contribution in [1.29, 1.82) is 0 Å². The van der Waals surface area contributed by atoms with E-state index in [1.807, 2.05) is 0 Å². The highest BCUT2D eigenvalue weighted by molar-refractivity contribution is 6.30. The summed E-state index contributed by atoms with van der Waals surface area (Å²) >= 11 is 5.62. The van der Waals surface area contributed by atoms with Crippen molar-refractivity contribution in [1.82, 2.24) is 10.2 Å². The molecule has 168 valence electrons. The molecule has 1 N–H and O–H groups in total. The average Bonchev–Trinajstić information content (AvgIpc) is 2.75. The molecular weight excluding hydrogens is 438 g/mol. The number of allylic oxidation sites excluding steroid dienone is 1. The van der Waals surface area contributed by atoms with E-state index in [9.17, 15) is 18.0 Å². The van der Waals surface area contributed by atoms with Gasteiger partial charge in [-0.25, -0.2) is 17.6 Å². The number of alkyl halides is 3. The van der Waals surface area contributed by atoms with Gasteiger partial charge >= 0.3 is 0 Å². The lowest BCUT2D eigenvalue weighted by Gasteiger charge is -2.59. The molecule has 0 radical (unpaired) electrons. The molecule has 1 unspecified atom stereocenters. The summed E-state index contributed by atoms with van der Waals surface area (Å²) in [7, 11) is 0. The van der Waals surface area contributed by atoms with Gasteiger partial charge in [0.15, 0.2) is 6.61 Å². The van der Waals surface area contributed by atoms with Crippen LogP contribution in [0.25, 0.3) is 0 Å². The van der Waals surface area contributed by atoms with Crippen molar-refractivity contribution in [2.75, 3.05) is 13.2 Å². The number of nitrogens with zero attached hydrogens (tertiary/aromatic N) is 2. The molecule has 3 fully saturated rings. The number of ether oxygens (including phenoxy) is 1. The molecule has 1 amide bonds. The predicted octanol–water partition coefficient (Wildman–Crippen LogP) is 4.26. The Morgan fingerprint density at radius 2 is 2.06 bits per heavy atom. The van der Waals surface area contributed by atoms with E-state index >= 15 is 4.39 Å². The molecule has 3 saturated carbocycles. The fraction of sp³-hybridized carbons (Fsp3) is 0.524. The van der Waals surface area contributed by atoms with E-state index in [1.165, 1.54) is 24.5 Å². The zero-order valence-electron chi connectivity index (χ0n) is 16.6. The number of rotatable bonds is 6. The van der Waals surface area contributed by atoms with E-state index < -0.39 is 35.4 Å². The lowest BCUT2D eigenvalue weighted by molar-refractivity contribution is -0.130. The molecule has 1 aromatic rings. The van der Waals surface area contributed by atoms with Crippen molar-refractivity contribution in [3.05, 3.63) is 40.9 Å². The van der Waals surface area contributed by atoms with Crippen molar-refractivity contribution < 1.29 is 27.1 Å². The third-order valence-corrected chi connectivity index (χ3v) is 6.80. The second-order valence-electron chi connectivity index (χ2n) is 8.29. The second kappa shape index (κ2) is 8.33. The lowest BCUT2D eigenvalue weighted by Crippen LogP contribution is -2.68. The summed E-state index contributed by atoms with van der Waals surface area (Å²) in [6.45, 7) is -0.0600. The molecule has 2 bridgehead atoms. The summed E-state index contributed by atoms with van der Waals surface area (Å²) in [6.07, 6.45) is 0.666. The quantitative estimate of drug-likeness (QED) is 0.647. The van der Waals surface area contributed by atoms with Crippen LogP contribution in [0.2, 0.25) is 5.02 Å². The Kier molecular flexibility index (Phi) is 5.89. The molecule has 0 aromatic heterocycles. The van der Waals surface area contributed by atoms with Crippen LogP contribution in [0.5, 0.6) is 5.75 Å². The van der Waals surface area contributed by atoms with Crippen LogP contribution in [0.15, 0.2) is 35.1 Å². The van der Waals surface area contributed by atoms with Gasteiger partial charge in [0, 0.05) is 30.4 Å². The predicted molar refractivity (Wildman–Crippen MR) is 108 cm³/mol. The molecule has 3 aliphatic carbocycles. The second-order valence-corrected chi connectivity index (χ2v) is 8.69. The van der Waals surface area contributed by atoms with E-state index in [2.05, 4.69) is 10.3 Å². The minimum absolute atomic E-state index is 0.0481. The minimum Gasteiger partial charge on any atom is -0.484 e. The number of fused-ring (bicyclic) bond motifs is 3. The van der Waals surface area contributed by atoms with Crippen LogP contribution in [0, 0.1) is 5.82 Å². The van der Waals surface area contributed by atoms with Crippen molar-refractivity contribution in [3.63, 3.8) is 0 Å². The van der Waals surface area contributed by atoms with Gasteiger partial charge in [0.05, 0.1) is 17.1 Å². The summed E-state index contributed by atoms with van der Waals surface area (Å²) < 4.78 is 60.2.